The Morgan fingerprint density at radius 2 is 1.89 bits per heavy atom. The monoisotopic (exact) mass is 364 g/mol. The third-order valence-electron chi connectivity index (χ3n) is 2.64. The third-order valence-corrected chi connectivity index (χ3v) is 3.38. The highest BCUT2D eigenvalue weighted by Crippen LogP contribution is 2.28. The zero-order valence-electron chi connectivity index (χ0n) is 9.75. The number of halogens is 1. The number of hydrogen-bond donors (Lipinski definition) is 1. The van der Waals surface area contributed by atoms with Crippen LogP contribution in [0.3, 0.4) is 0 Å². The Balaban J connectivity index is 2.00. The molecule has 0 aliphatic heterocycles. The molecule has 4 nitrogen and oxygen atoms in total. The second-order valence-electron chi connectivity index (χ2n) is 3.97. The highest BCUT2D eigenvalue weighted by Gasteiger charge is 2.05. The summed E-state index contributed by atoms with van der Waals surface area (Å²) in [7, 11) is 0. The van der Waals surface area contributed by atoms with Gasteiger partial charge in [0.25, 0.3) is 0 Å². The lowest BCUT2D eigenvalue weighted by Crippen LogP contribution is -1.91. The Morgan fingerprint density at radius 1 is 1.05 bits per heavy atom. The number of fused-ring (bicyclic) bond motifs is 1. The van der Waals surface area contributed by atoms with Crippen molar-refractivity contribution in [2.45, 2.75) is 0 Å². The molecule has 94 valence electrons. The van der Waals surface area contributed by atoms with E-state index in [0.717, 1.165) is 14.3 Å². The van der Waals surface area contributed by atoms with Crippen LogP contribution in [0.1, 0.15) is 0 Å². The van der Waals surface area contributed by atoms with Gasteiger partial charge in [0.05, 0.1) is 3.57 Å². The van der Waals surface area contributed by atoms with Gasteiger partial charge in [0.15, 0.2) is 0 Å². The highest BCUT2D eigenvalue weighted by atomic mass is 127. The normalized spacial score (nSPS) is 10.6. The van der Waals surface area contributed by atoms with Crippen LogP contribution in [0.15, 0.2) is 48.9 Å². The Hall–Kier alpha value is -1.89. The molecule has 3 aromatic rings. The minimum absolute atomic E-state index is 0.237. The number of rotatable bonds is 2. The van der Waals surface area contributed by atoms with E-state index in [2.05, 4.69) is 32.6 Å². The van der Waals surface area contributed by atoms with Crippen LogP contribution >= 0.6 is 22.6 Å². The van der Waals surface area contributed by atoms with E-state index in [1.807, 2.05) is 24.3 Å². The number of phenols is 1. The van der Waals surface area contributed by atoms with Gasteiger partial charge >= 0.3 is 0 Å². The van der Waals surface area contributed by atoms with E-state index in [-0.39, 0.29) is 5.75 Å². The SMILES string of the molecule is Oc1ccc2ccc(Oc3ncncc3I)cc2c1. The van der Waals surface area contributed by atoms with Crippen LogP contribution in [0.25, 0.3) is 10.8 Å². The summed E-state index contributed by atoms with van der Waals surface area (Å²) in [5, 5.41) is 11.5. The van der Waals surface area contributed by atoms with Crippen molar-refractivity contribution in [1.29, 1.82) is 0 Å². The molecule has 0 atom stereocenters. The lowest BCUT2D eigenvalue weighted by atomic mass is 10.1. The van der Waals surface area contributed by atoms with Gasteiger partial charge in [-0.3, -0.25) is 0 Å². The molecule has 5 heteroatoms. The number of aromatic nitrogens is 2. The van der Waals surface area contributed by atoms with Gasteiger partial charge in [0.1, 0.15) is 17.8 Å². The standard InChI is InChI=1S/C14H9IN2O2/c15-13-7-16-8-17-14(13)19-12-4-2-9-1-3-11(18)5-10(9)6-12/h1-8,18H. The average Bonchev–Trinajstić information content (AvgIpc) is 2.41. The van der Waals surface area contributed by atoms with Crippen LogP contribution in [0.2, 0.25) is 0 Å². The molecule has 0 fully saturated rings. The summed E-state index contributed by atoms with van der Waals surface area (Å²) in [5.74, 6) is 1.44. The van der Waals surface area contributed by atoms with Crippen molar-refractivity contribution in [3.8, 4) is 17.4 Å². The lowest BCUT2D eigenvalue weighted by molar-refractivity contribution is 0.458. The second-order valence-corrected chi connectivity index (χ2v) is 5.13. The van der Waals surface area contributed by atoms with E-state index in [9.17, 15) is 5.11 Å². The van der Waals surface area contributed by atoms with Gasteiger partial charge in [0, 0.05) is 6.20 Å². The van der Waals surface area contributed by atoms with Crippen LogP contribution in [0.5, 0.6) is 17.4 Å². The summed E-state index contributed by atoms with van der Waals surface area (Å²) in [5.41, 5.74) is 0. The van der Waals surface area contributed by atoms with E-state index in [1.54, 1.807) is 18.3 Å². The Kier molecular flexibility index (Phi) is 3.20. The molecule has 1 heterocycles. The Bertz CT molecular complexity index is 746. The van der Waals surface area contributed by atoms with Crippen LogP contribution in [-0.4, -0.2) is 15.1 Å². The van der Waals surface area contributed by atoms with E-state index < -0.39 is 0 Å². The molecule has 0 amide bonds. The van der Waals surface area contributed by atoms with Gasteiger partial charge in [-0.15, -0.1) is 0 Å². The lowest BCUT2D eigenvalue weighted by Gasteiger charge is -2.07. The number of phenolic OH excluding ortho intramolecular Hbond substituents is 1. The van der Waals surface area contributed by atoms with Crippen molar-refractivity contribution in [2.75, 3.05) is 0 Å². The first kappa shape index (κ1) is 12.2. The predicted molar refractivity (Wildman–Crippen MR) is 80.4 cm³/mol. The first-order valence-electron chi connectivity index (χ1n) is 5.58. The minimum atomic E-state index is 0.237. The Morgan fingerprint density at radius 3 is 2.74 bits per heavy atom. The molecular weight excluding hydrogens is 355 g/mol. The molecule has 1 aromatic heterocycles. The first-order chi connectivity index (χ1) is 9.22. The van der Waals surface area contributed by atoms with Crippen molar-refractivity contribution in [3.63, 3.8) is 0 Å². The quantitative estimate of drug-likeness (QED) is 0.704. The smallest absolute Gasteiger partial charge is 0.235 e. The van der Waals surface area contributed by atoms with E-state index in [1.165, 1.54) is 6.33 Å². The minimum Gasteiger partial charge on any atom is -0.508 e. The van der Waals surface area contributed by atoms with Crippen LogP contribution in [0.4, 0.5) is 0 Å². The van der Waals surface area contributed by atoms with Gasteiger partial charge in [-0.05, 0) is 57.6 Å². The van der Waals surface area contributed by atoms with Crippen LogP contribution in [0, 0.1) is 3.57 Å². The maximum Gasteiger partial charge on any atom is 0.235 e. The number of hydrogen-bond acceptors (Lipinski definition) is 4. The maximum absolute atomic E-state index is 9.49. The Labute approximate surface area is 123 Å². The molecule has 2 aromatic carbocycles. The topological polar surface area (TPSA) is 55.2 Å². The molecule has 0 aliphatic carbocycles. The summed E-state index contributed by atoms with van der Waals surface area (Å²) >= 11 is 2.12. The van der Waals surface area contributed by atoms with Crippen molar-refractivity contribution in [2.24, 2.45) is 0 Å². The van der Waals surface area contributed by atoms with Crippen molar-refractivity contribution >= 4 is 33.4 Å². The van der Waals surface area contributed by atoms with Crippen LogP contribution < -0.4 is 4.74 Å². The molecule has 0 saturated heterocycles. The number of aromatic hydroxyl groups is 1. The van der Waals surface area contributed by atoms with Gasteiger partial charge in [-0.2, -0.15) is 0 Å². The average molecular weight is 364 g/mol. The summed E-state index contributed by atoms with van der Waals surface area (Å²) < 4.78 is 6.56. The highest BCUT2D eigenvalue weighted by molar-refractivity contribution is 14.1. The largest absolute Gasteiger partial charge is 0.508 e. The number of benzene rings is 2. The van der Waals surface area contributed by atoms with Gasteiger partial charge < -0.3 is 9.84 Å². The molecule has 0 aliphatic rings. The molecule has 0 spiro atoms. The summed E-state index contributed by atoms with van der Waals surface area (Å²) in [6.07, 6.45) is 3.14. The summed E-state index contributed by atoms with van der Waals surface area (Å²) in [6.45, 7) is 0. The van der Waals surface area contributed by atoms with E-state index in [4.69, 9.17) is 4.74 Å². The summed E-state index contributed by atoms with van der Waals surface area (Å²) in [4.78, 5) is 8.00. The summed E-state index contributed by atoms with van der Waals surface area (Å²) in [6, 6.07) is 10.9. The molecule has 19 heavy (non-hydrogen) atoms. The van der Waals surface area contributed by atoms with Crippen molar-refractivity contribution in [3.05, 3.63) is 52.5 Å². The molecule has 0 radical (unpaired) electrons. The first-order valence-corrected chi connectivity index (χ1v) is 6.66. The fourth-order valence-corrected chi connectivity index (χ4v) is 2.17. The molecule has 0 saturated carbocycles. The molecule has 0 bridgehead atoms. The van der Waals surface area contributed by atoms with Crippen LogP contribution in [-0.2, 0) is 0 Å². The second kappa shape index (κ2) is 5.00. The molecule has 0 unspecified atom stereocenters. The van der Waals surface area contributed by atoms with Crippen molar-refractivity contribution in [1.82, 2.24) is 9.97 Å². The maximum atomic E-state index is 9.49. The molecular formula is C14H9IN2O2. The third kappa shape index (κ3) is 2.60. The zero-order valence-corrected chi connectivity index (χ0v) is 11.9. The van der Waals surface area contributed by atoms with Crippen molar-refractivity contribution < 1.29 is 9.84 Å². The van der Waals surface area contributed by atoms with E-state index >= 15 is 0 Å². The van der Waals surface area contributed by atoms with Gasteiger partial charge in [-0.1, -0.05) is 12.1 Å². The fourth-order valence-electron chi connectivity index (χ4n) is 1.76. The predicted octanol–water partition coefficient (Wildman–Crippen LogP) is 3.73. The van der Waals surface area contributed by atoms with E-state index in [0.29, 0.717) is 11.6 Å². The number of nitrogens with zero attached hydrogens (tertiary/aromatic N) is 2. The number of ether oxygens (including phenoxy) is 1. The molecule has 1 N–H and O–H groups in total. The van der Waals surface area contributed by atoms with Gasteiger partial charge in [-0.25, -0.2) is 9.97 Å². The molecule has 3 rings (SSSR count). The fraction of sp³-hybridized carbons (Fsp3) is 0. The van der Waals surface area contributed by atoms with Gasteiger partial charge in [0.2, 0.25) is 5.88 Å². The zero-order chi connectivity index (χ0) is 13.2.